The summed E-state index contributed by atoms with van der Waals surface area (Å²) in [4.78, 5) is 22.6. The molecule has 1 aliphatic carbocycles. The van der Waals surface area contributed by atoms with E-state index in [9.17, 15) is 9.59 Å². The van der Waals surface area contributed by atoms with Crippen molar-refractivity contribution in [1.82, 2.24) is 0 Å². The second-order valence-electron chi connectivity index (χ2n) is 2.59. The summed E-state index contributed by atoms with van der Waals surface area (Å²) in [7, 11) is 2.66. The number of allylic oxidation sites excluding steroid dienone is 2. The van der Waals surface area contributed by atoms with Crippen molar-refractivity contribution in [3.63, 3.8) is 0 Å². The molecule has 0 atom stereocenters. The molecule has 0 aromatic heterocycles. The van der Waals surface area contributed by atoms with Gasteiger partial charge in [0, 0.05) is 5.57 Å². The number of ketones is 2. The maximum atomic E-state index is 11.4. The predicted molar refractivity (Wildman–Crippen MR) is 44.8 cm³/mol. The van der Waals surface area contributed by atoms with Gasteiger partial charge in [0.1, 0.15) is 0 Å². The summed E-state index contributed by atoms with van der Waals surface area (Å²) in [5, 5.41) is 0. The van der Waals surface area contributed by atoms with E-state index in [1.165, 1.54) is 20.3 Å². The van der Waals surface area contributed by atoms with Crippen LogP contribution in [-0.2, 0) is 19.1 Å². The van der Waals surface area contributed by atoms with Crippen LogP contribution in [0.15, 0.2) is 23.2 Å². The zero-order valence-corrected chi connectivity index (χ0v) is 7.71. The van der Waals surface area contributed by atoms with Crippen molar-refractivity contribution in [3.8, 4) is 0 Å². The lowest BCUT2D eigenvalue weighted by molar-refractivity contribution is -0.120. The average molecular weight is 183 g/mol. The molecular formula is C9H10O4. The number of ether oxygens (including phenoxy) is 2. The average Bonchev–Trinajstić information content (AvgIpc) is 2.10. The molecule has 4 nitrogen and oxygen atoms in total. The fourth-order valence-electron chi connectivity index (χ4n) is 1.10. The Kier molecular flexibility index (Phi) is 2.51. The van der Waals surface area contributed by atoms with Crippen molar-refractivity contribution in [1.29, 1.82) is 0 Å². The molecule has 0 bridgehead atoms. The highest BCUT2D eigenvalue weighted by Crippen LogP contribution is 2.19. The van der Waals surface area contributed by atoms with Crippen LogP contribution in [0.5, 0.6) is 0 Å². The van der Waals surface area contributed by atoms with Crippen LogP contribution in [0.25, 0.3) is 0 Å². The molecule has 1 rings (SSSR count). The van der Waals surface area contributed by atoms with Gasteiger partial charge >= 0.3 is 0 Å². The third-order valence-corrected chi connectivity index (χ3v) is 1.75. The molecule has 0 amide bonds. The maximum Gasteiger partial charge on any atom is 0.227 e. The summed E-state index contributed by atoms with van der Waals surface area (Å²) < 4.78 is 9.56. The highest BCUT2D eigenvalue weighted by atomic mass is 16.6. The third-order valence-electron chi connectivity index (χ3n) is 1.75. The molecule has 0 aromatic rings. The number of carbonyl (C=O) groups is 2. The normalized spacial score (nSPS) is 17.3. The third kappa shape index (κ3) is 1.47. The molecule has 0 unspecified atom stereocenters. The maximum absolute atomic E-state index is 11.4. The Morgan fingerprint density at radius 3 is 2.08 bits per heavy atom. The fourth-order valence-corrected chi connectivity index (χ4v) is 1.10. The van der Waals surface area contributed by atoms with Gasteiger partial charge in [-0.05, 0) is 13.0 Å². The van der Waals surface area contributed by atoms with Gasteiger partial charge in [-0.3, -0.25) is 9.59 Å². The minimum Gasteiger partial charge on any atom is -0.490 e. The highest BCUT2D eigenvalue weighted by Gasteiger charge is 2.28. The van der Waals surface area contributed by atoms with E-state index in [1.807, 2.05) is 0 Å². The molecule has 0 radical (unpaired) electrons. The van der Waals surface area contributed by atoms with Gasteiger partial charge in [-0.1, -0.05) is 0 Å². The van der Waals surface area contributed by atoms with Crippen molar-refractivity contribution >= 4 is 11.6 Å². The molecule has 0 N–H and O–H groups in total. The molecule has 0 aliphatic heterocycles. The van der Waals surface area contributed by atoms with Gasteiger partial charge < -0.3 is 9.47 Å². The molecule has 1 aliphatic rings. The standard InChI is InChI=1S/C9H10O4/c1-5-4-6(10)8(12-2)9(13-3)7(5)11/h4H,1-3H3/i8+1. The first-order valence-electron chi connectivity index (χ1n) is 3.71. The summed E-state index contributed by atoms with van der Waals surface area (Å²) in [5.41, 5.74) is 0.364. The topological polar surface area (TPSA) is 52.6 Å². The Bertz CT molecular complexity index is 323. The first-order valence-corrected chi connectivity index (χ1v) is 3.71. The molecule has 70 valence electrons. The van der Waals surface area contributed by atoms with E-state index in [-0.39, 0.29) is 23.1 Å². The van der Waals surface area contributed by atoms with Crippen LogP contribution in [0, 0.1) is 0 Å². The smallest absolute Gasteiger partial charge is 0.227 e. The van der Waals surface area contributed by atoms with Crippen molar-refractivity contribution < 1.29 is 19.1 Å². The van der Waals surface area contributed by atoms with E-state index >= 15 is 0 Å². The van der Waals surface area contributed by atoms with E-state index in [0.717, 1.165) is 0 Å². The van der Waals surface area contributed by atoms with E-state index in [0.29, 0.717) is 5.57 Å². The Morgan fingerprint density at radius 2 is 1.62 bits per heavy atom. The quantitative estimate of drug-likeness (QED) is 0.464. The van der Waals surface area contributed by atoms with Gasteiger partial charge in [0.2, 0.25) is 23.1 Å². The largest absolute Gasteiger partial charge is 0.490 e. The number of methoxy groups -OCH3 is 2. The lowest BCUT2D eigenvalue weighted by atomic mass is 10.1. The van der Waals surface area contributed by atoms with Crippen LogP contribution >= 0.6 is 0 Å². The highest BCUT2D eigenvalue weighted by molar-refractivity contribution is 6.20. The second kappa shape index (κ2) is 3.43. The van der Waals surface area contributed by atoms with Crippen molar-refractivity contribution in [2.45, 2.75) is 6.92 Å². The molecule has 0 heterocycles. The molecule has 4 heteroatoms. The van der Waals surface area contributed by atoms with Gasteiger partial charge in [0.15, 0.2) is 0 Å². The Balaban J connectivity index is 3.19. The van der Waals surface area contributed by atoms with Crippen LogP contribution in [0.2, 0.25) is 0 Å². The van der Waals surface area contributed by atoms with E-state index < -0.39 is 0 Å². The Labute approximate surface area is 75.8 Å². The molecule has 0 spiro atoms. The van der Waals surface area contributed by atoms with Crippen LogP contribution in [0.1, 0.15) is 6.92 Å². The summed E-state index contributed by atoms with van der Waals surface area (Å²) >= 11 is 0. The predicted octanol–water partition coefficient (Wildman–Crippen LogP) is 0.589. The first kappa shape index (κ1) is 9.51. The number of carbonyl (C=O) groups excluding carboxylic acids is 2. The molecule has 0 aromatic carbocycles. The summed E-state index contributed by atoms with van der Waals surface area (Å²) in [5.74, 6) is -0.694. The Morgan fingerprint density at radius 1 is 1.08 bits per heavy atom. The molecule has 0 saturated carbocycles. The molecule has 13 heavy (non-hydrogen) atoms. The summed E-state index contributed by atoms with van der Waals surface area (Å²) in [6, 6.07) is 0. The Hall–Kier alpha value is -1.58. The lowest BCUT2D eigenvalue weighted by Gasteiger charge is -2.14. The number of rotatable bonds is 2. The van der Waals surface area contributed by atoms with E-state index in [4.69, 9.17) is 9.47 Å². The number of hydrogen-bond donors (Lipinski definition) is 0. The van der Waals surface area contributed by atoms with Crippen LogP contribution in [-0.4, -0.2) is 25.8 Å². The van der Waals surface area contributed by atoms with E-state index in [1.54, 1.807) is 6.92 Å². The molecular weight excluding hydrogens is 173 g/mol. The number of hydrogen-bond acceptors (Lipinski definition) is 4. The van der Waals surface area contributed by atoms with Crippen LogP contribution in [0.4, 0.5) is 0 Å². The van der Waals surface area contributed by atoms with Crippen molar-refractivity contribution in [3.05, 3.63) is 23.2 Å². The second-order valence-corrected chi connectivity index (χ2v) is 2.59. The first-order chi connectivity index (χ1) is 6.11. The van der Waals surface area contributed by atoms with Gasteiger partial charge in [-0.25, -0.2) is 0 Å². The molecule has 0 saturated heterocycles. The minimum atomic E-state index is -0.337. The SMILES string of the molecule is COC1=[13C](OC)C(=O)C=C(C)C1=O. The van der Waals surface area contributed by atoms with Gasteiger partial charge in [-0.15, -0.1) is 0 Å². The van der Waals surface area contributed by atoms with Crippen LogP contribution in [0.3, 0.4) is 0 Å². The van der Waals surface area contributed by atoms with Gasteiger partial charge in [-0.2, -0.15) is 0 Å². The summed E-state index contributed by atoms with van der Waals surface area (Å²) in [6.45, 7) is 1.56. The summed E-state index contributed by atoms with van der Waals surface area (Å²) in [6.07, 6.45) is 1.24. The number of Topliss-reactive ketones (excluding diaryl/α,β-unsaturated/α-hetero) is 1. The zero-order chi connectivity index (χ0) is 10.0. The van der Waals surface area contributed by atoms with Crippen molar-refractivity contribution in [2.24, 2.45) is 0 Å². The lowest BCUT2D eigenvalue weighted by Crippen LogP contribution is -2.20. The monoisotopic (exact) mass is 183 g/mol. The van der Waals surface area contributed by atoms with Crippen LogP contribution < -0.4 is 0 Å². The molecule has 0 fully saturated rings. The minimum absolute atomic E-state index is 0.0208. The van der Waals surface area contributed by atoms with Gasteiger partial charge in [0.25, 0.3) is 0 Å². The van der Waals surface area contributed by atoms with E-state index in [2.05, 4.69) is 0 Å². The van der Waals surface area contributed by atoms with Gasteiger partial charge in [0.05, 0.1) is 14.2 Å². The van der Waals surface area contributed by atoms with Crippen molar-refractivity contribution in [2.75, 3.05) is 14.2 Å². The fraction of sp³-hybridized carbons (Fsp3) is 0.333. The zero-order valence-electron chi connectivity index (χ0n) is 7.71.